The SMILES string of the molecule is CC(C)(C)c1ccc(NC(=O)[C@@H]2CCCCN2)cc1. The number of anilines is 1. The van der Waals surface area contributed by atoms with E-state index in [-0.39, 0.29) is 17.4 Å². The van der Waals surface area contributed by atoms with Gasteiger partial charge in [-0.1, -0.05) is 39.3 Å². The first-order valence-electron chi connectivity index (χ1n) is 7.11. The van der Waals surface area contributed by atoms with E-state index in [2.05, 4.69) is 43.5 Å². The summed E-state index contributed by atoms with van der Waals surface area (Å²) in [7, 11) is 0. The van der Waals surface area contributed by atoms with Crippen molar-refractivity contribution in [2.75, 3.05) is 11.9 Å². The van der Waals surface area contributed by atoms with Crippen molar-refractivity contribution in [1.29, 1.82) is 0 Å². The van der Waals surface area contributed by atoms with E-state index >= 15 is 0 Å². The summed E-state index contributed by atoms with van der Waals surface area (Å²) in [6.45, 7) is 7.51. The van der Waals surface area contributed by atoms with E-state index in [9.17, 15) is 4.79 Å². The minimum absolute atomic E-state index is 0.0314. The van der Waals surface area contributed by atoms with E-state index in [1.807, 2.05) is 12.1 Å². The quantitative estimate of drug-likeness (QED) is 0.858. The van der Waals surface area contributed by atoms with Crippen LogP contribution in [0, 0.1) is 0 Å². The maximum atomic E-state index is 12.1. The zero-order valence-corrected chi connectivity index (χ0v) is 12.1. The standard InChI is InChI=1S/C16H24N2O/c1-16(2,3)12-7-9-13(10-8-12)18-15(19)14-6-4-5-11-17-14/h7-10,14,17H,4-6,11H2,1-3H3,(H,18,19)/t14-/m0/s1. The number of piperidine rings is 1. The van der Waals surface area contributed by atoms with E-state index in [1.165, 1.54) is 12.0 Å². The largest absolute Gasteiger partial charge is 0.325 e. The molecule has 0 aromatic heterocycles. The molecule has 1 saturated heterocycles. The molecule has 2 rings (SSSR count). The molecule has 1 aliphatic rings. The van der Waals surface area contributed by atoms with Crippen molar-refractivity contribution >= 4 is 11.6 Å². The fraction of sp³-hybridized carbons (Fsp3) is 0.562. The third-order valence-corrected chi connectivity index (χ3v) is 3.65. The molecule has 0 bridgehead atoms. The predicted molar refractivity (Wildman–Crippen MR) is 79.4 cm³/mol. The van der Waals surface area contributed by atoms with Crippen LogP contribution in [0.25, 0.3) is 0 Å². The van der Waals surface area contributed by atoms with Crippen molar-refractivity contribution < 1.29 is 4.79 Å². The second kappa shape index (κ2) is 5.74. The van der Waals surface area contributed by atoms with Crippen LogP contribution in [-0.2, 0) is 10.2 Å². The Kier molecular flexibility index (Phi) is 4.25. The van der Waals surface area contributed by atoms with Gasteiger partial charge in [0.2, 0.25) is 5.91 Å². The van der Waals surface area contributed by atoms with Crippen molar-refractivity contribution in [3.63, 3.8) is 0 Å². The molecule has 19 heavy (non-hydrogen) atoms. The molecule has 0 spiro atoms. The fourth-order valence-electron chi connectivity index (χ4n) is 2.36. The first-order chi connectivity index (χ1) is 8.97. The van der Waals surface area contributed by atoms with Crippen LogP contribution in [0.1, 0.15) is 45.6 Å². The van der Waals surface area contributed by atoms with Gasteiger partial charge in [0, 0.05) is 5.69 Å². The van der Waals surface area contributed by atoms with Crippen molar-refractivity contribution in [3.05, 3.63) is 29.8 Å². The van der Waals surface area contributed by atoms with Gasteiger partial charge in [0.15, 0.2) is 0 Å². The highest BCUT2D eigenvalue weighted by Crippen LogP contribution is 2.23. The Balaban J connectivity index is 1.97. The summed E-state index contributed by atoms with van der Waals surface area (Å²) in [5.74, 6) is 0.0863. The second-order valence-electron chi connectivity index (χ2n) is 6.32. The average Bonchev–Trinajstić information content (AvgIpc) is 2.39. The van der Waals surface area contributed by atoms with Crippen LogP contribution in [0.5, 0.6) is 0 Å². The van der Waals surface area contributed by atoms with E-state index in [0.717, 1.165) is 25.1 Å². The molecule has 0 unspecified atom stereocenters. The molecule has 104 valence electrons. The Bertz CT molecular complexity index is 425. The number of rotatable bonds is 2. The second-order valence-corrected chi connectivity index (χ2v) is 6.32. The summed E-state index contributed by atoms with van der Waals surface area (Å²) < 4.78 is 0. The molecule has 1 aromatic rings. The fourth-order valence-corrected chi connectivity index (χ4v) is 2.36. The normalized spacial score (nSPS) is 20.1. The molecule has 0 radical (unpaired) electrons. The molecular formula is C16H24N2O. The summed E-state index contributed by atoms with van der Waals surface area (Å²) in [6, 6.07) is 8.12. The van der Waals surface area contributed by atoms with Crippen molar-refractivity contribution in [2.45, 2.75) is 51.5 Å². The number of carbonyl (C=O) groups excluding carboxylic acids is 1. The highest BCUT2D eigenvalue weighted by atomic mass is 16.2. The topological polar surface area (TPSA) is 41.1 Å². The number of benzene rings is 1. The van der Waals surface area contributed by atoms with Crippen molar-refractivity contribution in [3.8, 4) is 0 Å². The summed E-state index contributed by atoms with van der Waals surface area (Å²) >= 11 is 0. The summed E-state index contributed by atoms with van der Waals surface area (Å²) in [4.78, 5) is 12.1. The highest BCUT2D eigenvalue weighted by molar-refractivity contribution is 5.94. The predicted octanol–water partition coefficient (Wildman–Crippen LogP) is 3.06. The van der Waals surface area contributed by atoms with Crippen LogP contribution in [0.2, 0.25) is 0 Å². The summed E-state index contributed by atoms with van der Waals surface area (Å²) in [5.41, 5.74) is 2.31. The Morgan fingerprint density at radius 3 is 2.42 bits per heavy atom. The molecule has 1 fully saturated rings. The zero-order valence-electron chi connectivity index (χ0n) is 12.1. The molecule has 3 nitrogen and oxygen atoms in total. The van der Waals surface area contributed by atoms with Gasteiger partial charge >= 0.3 is 0 Å². The van der Waals surface area contributed by atoms with E-state index in [0.29, 0.717) is 0 Å². The Hall–Kier alpha value is -1.35. The first kappa shape index (κ1) is 14.1. The Labute approximate surface area is 115 Å². The highest BCUT2D eigenvalue weighted by Gasteiger charge is 2.20. The smallest absolute Gasteiger partial charge is 0.241 e. The lowest BCUT2D eigenvalue weighted by atomic mass is 9.87. The Morgan fingerprint density at radius 1 is 1.21 bits per heavy atom. The minimum atomic E-state index is -0.0314. The molecule has 1 atom stereocenters. The van der Waals surface area contributed by atoms with Crippen LogP contribution in [0.4, 0.5) is 5.69 Å². The van der Waals surface area contributed by atoms with Crippen LogP contribution in [0.15, 0.2) is 24.3 Å². The molecule has 0 saturated carbocycles. The number of nitrogens with one attached hydrogen (secondary N) is 2. The van der Waals surface area contributed by atoms with Gasteiger partial charge in [-0.15, -0.1) is 0 Å². The third-order valence-electron chi connectivity index (χ3n) is 3.65. The lowest BCUT2D eigenvalue weighted by Gasteiger charge is -2.23. The molecule has 1 aliphatic heterocycles. The van der Waals surface area contributed by atoms with Gasteiger partial charge in [-0.2, -0.15) is 0 Å². The number of carbonyl (C=O) groups is 1. The summed E-state index contributed by atoms with van der Waals surface area (Å²) in [5, 5.41) is 6.25. The molecule has 0 aliphatic carbocycles. The number of hydrogen-bond acceptors (Lipinski definition) is 2. The van der Waals surface area contributed by atoms with Crippen LogP contribution in [-0.4, -0.2) is 18.5 Å². The Morgan fingerprint density at radius 2 is 1.89 bits per heavy atom. The summed E-state index contributed by atoms with van der Waals surface area (Å²) in [6.07, 6.45) is 3.24. The molecule has 2 N–H and O–H groups in total. The molecule has 1 heterocycles. The van der Waals surface area contributed by atoms with Gasteiger partial charge in [0.25, 0.3) is 0 Å². The maximum absolute atomic E-state index is 12.1. The first-order valence-corrected chi connectivity index (χ1v) is 7.11. The molecular weight excluding hydrogens is 236 g/mol. The monoisotopic (exact) mass is 260 g/mol. The van der Waals surface area contributed by atoms with Crippen molar-refractivity contribution in [1.82, 2.24) is 5.32 Å². The number of amides is 1. The van der Waals surface area contributed by atoms with Gasteiger partial charge in [-0.05, 0) is 42.5 Å². The van der Waals surface area contributed by atoms with Gasteiger partial charge in [0.05, 0.1) is 6.04 Å². The zero-order chi connectivity index (χ0) is 13.9. The lowest BCUT2D eigenvalue weighted by Crippen LogP contribution is -2.43. The third kappa shape index (κ3) is 3.80. The lowest BCUT2D eigenvalue weighted by molar-refractivity contribution is -0.118. The number of hydrogen-bond donors (Lipinski definition) is 2. The minimum Gasteiger partial charge on any atom is -0.325 e. The van der Waals surface area contributed by atoms with E-state index in [4.69, 9.17) is 0 Å². The van der Waals surface area contributed by atoms with Gasteiger partial charge in [-0.25, -0.2) is 0 Å². The molecule has 1 amide bonds. The maximum Gasteiger partial charge on any atom is 0.241 e. The van der Waals surface area contributed by atoms with Gasteiger partial charge < -0.3 is 10.6 Å². The van der Waals surface area contributed by atoms with E-state index in [1.54, 1.807) is 0 Å². The van der Waals surface area contributed by atoms with E-state index < -0.39 is 0 Å². The van der Waals surface area contributed by atoms with Crippen LogP contribution in [0.3, 0.4) is 0 Å². The van der Waals surface area contributed by atoms with Crippen molar-refractivity contribution in [2.24, 2.45) is 0 Å². The van der Waals surface area contributed by atoms with Crippen LogP contribution < -0.4 is 10.6 Å². The average molecular weight is 260 g/mol. The molecule has 1 aromatic carbocycles. The van der Waals surface area contributed by atoms with Gasteiger partial charge in [0.1, 0.15) is 0 Å². The molecule has 3 heteroatoms. The van der Waals surface area contributed by atoms with Crippen LogP contribution >= 0.6 is 0 Å². The van der Waals surface area contributed by atoms with Gasteiger partial charge in [-0.3, -0.25) is 4.79 Å².